The van der Waals surface area contributed by atoms with Crippen LogP contribution in [-0.2, 0) is 4.79 Å². The number of aromatic nitrogens is 2. The summed E-state index contributed by atoms with van der Waals surface area (Å²) in [5.41, 5.74) is 7.01. The average molecular weight is 327 g/mol. The largest absolute Gasteiger partial charge is 0.369 e. The van der Waals surface area contributed by atoms with Crippen LogP contribution in [-0.4, -0.2) is 34.0 Å². The molecule has 2 heterocycles. The highest BCUT2D eigenvalue weighted by Gasteiger charge is 2.33. The van der Waals surface area contributed by atoms with Gasteiger partial charge in [-0.25, -0.2) is 9.37 Å². The summed E-state index contributed by atoms with van der Waals surface area (Å²) < 4.78 is 15.5. The number of fused-ring (bicyclic) bond motifs is 1. The molecule has 0 saturated carbocycles. The molecule has 0 spiro atoms. The van der Waals surface area contributed by atoms with Crippen molar-refractivity contribution in [1.29, 1.82) is 0 Å². The first-order valence-corrected chi connectivity index (χ1v) is 6.66. The van der Waals surface area contributed by atoms with Gasteiger partial charge < -0.3 is 10.6 Å². The lowest BCUT2D eigenvalue weighted by atomic mass is 10.2. The molecule has 1 saturated heterocycles. The van der Waals surface area contributed by atoms with Gasteiger partial charge in [-0.05, 0) is 28.4 Å². The Bertz CT molecular complexity index is 684. The van der Waals surface area contributed by atoms with Crippen molar-refractivity contribution >= 4 is 38.8 Å². The number of nitrogens with two attached hydrogens (primary N) is 1. The van der Waals surface area contributed by atoms with E-state index in [0.717, 1.165) is 0 Å². The van der Waals surface area contributed by atoms with Crippen LogP contribution >= 0.6 is 15.9 Å². The number of imidazole rings is 1. The molecule has 100 valence electrons. The minimum Gasteiger partial charge on any atom is -0.369 e. The lowest BCUT2D eigenvalue weighted by Gasteiger charge is -2.14. The van der Waals surface area contributed by atoms with E-state index >= 15 is 0 Å². The predicted molar refractivity (Wildman–Crippen MR) is 73.1 cm³/mol. The maximum atomic E-state index is 13.5. The third-order valence-electron chi connectivity index (χ3n) is 3.47. The van der Waals surface area contributed by atoms with E-state index in [-0.39, 0.29) is 17.9 Å². The van der Waals surface area contributed by atoms with Crippen molar-refractivity contribution in [3.05, 3.63) is 22.4 Å². The van der Waals surface area contributed by atoms with Crippen molar-refractivity contribution in [3.63, 3.8) is 0 Å². The molecule has 1 aliphatic heterocycles. The summed E-state index contributed by atoms with van der Waals surface area (Å²) in [6.45, 7) is 0.685. The molecule has 3 rings (SSSR count). The van der Waals surface area contributed by atoms with Crippen LogP contribution in [0.4, 0.5) is 10.3 Å². The first-order valence-electron chi connectivity index (χ1n) is 5.86. The molecule has 2 aromatic rings. The molecule has 0 aliphatic carbocycles. The molecule has 1 unspecified atom stereocenters. The average Bonchev–Trinajstić information content (AvgIpc) is 2.82. The summed E-state index contributed by atoms with van der Waals surface area (Å²) in [5.74, 6) is -0.153. The molecule has 1 aromatic carbocycles. The number of hydrogen-bond donors (Lipinski definition) is 1. The number of amides is 1. The van der Waals surface area contributed by atoms with E-state index < -0.39 is 5.82 Å². The number of likely N-dealkylation sites (N-methyl/N-ethyl adjacent to an activating group) is 1. The minimum atomic E-state index is -0.396. The monoisotopic (exact) mass is 326 g/mol. The number of halogens is 2. The van der Waals surface area contributed by atoms with E-state index in [2.05, 4.69) is 20.9 Å². The lowest BCUT2D eigenvalue weighted by molar-refractivity contribution is -0.129. The summed E-state index contributed by atoms with van der Waals surface area (Å²) in [7, 11) is 1.76. The number of carbonyl (C=O) groups excluding carboxylic acids is 1. The van der Waals surface area contributed by atoms with Crippen molar-refractivity contribution in [2.24, 2.45) is 0 Å². The molecule has 2 N–H and O–H groups in total. The molecule has 0 radical (unpaired) electrons. The van der Waals surface area contributed by atoms with Gasteiger partial charge in [-0.15, -0.1) is 0 Å². The molecular weight excluding hydrogens is 315 g/mol. The smallest absolute Gasteiger partial charge is 0.245 e. The third kappa shape index (κ3) is 1.80. The van der Waals surface area contributed by atoms with Gasteiger partial charge in [-0.3, -0.25) is 9.36 Å². The van der Waals surface area contributed by atoms with Crippen LogP contribution in [0.3, 0.4) is 0 Å². The molecule has 1 atom stereocenters. The Labute approximate surface area is 117 Å². The normalized spacial score (nSPS) is 19.6. The second kappa shape index (κ2) is 4.19. The predicted octanol–water partition coefficient (Wildman–Crippen LogP) is 1.92. The Balaban J connectivity index is 2.21. The third-order valence-corrected chi connectivity index (χ3v) is 4.08. The van der Waals surface area contributed by atoms with Gasteiger partial charge >= 0.3 is 0 Å². The molecule has 7 heteroatoms. The van der Waals surface area contributed by atoms with Gasteiger partial charge in [-0.2, -0.15) is 0 Å². The van der Waals surface area contributed by atoms with Gasteiger partial charge in [0.05, 0.1) is 15.5 Å². The SMILES string of the molecule is CN1CCC(n2c(N)nc3cc(F)c(Br)cc32)C1=O. The van der Waals surface area contributed by atoms with E-state index in [1.807, 2.05) is 0 Å². The maximum Gasteiger partial charge on any atom is 0.245 e. The molecular formula is C12H12BrFN4O. The molecule has 19 heavy (non-hydrogen) atoms. The van der Waals surface area contributed by atoms with Crippen molar-refractivity contribution < 1.29 is 9.18 Å². The fraction of sp³-hybridized carbons (Fsp3) is 0.333. The highest BCUT2D eigenvalue weighted by atomic mass is 79.9. The number of hydrogen-bond acceptors (Lipinski definition) is 3. The molecule has 1 amide bonds. The number of carbonyl (C=O) groups is 1. The van der Waals surface area contributed by atoms with E-state index in [1.165, 1.54) is 6.07 Å². The Morgan fingerprint density at radius 1 is 1.53 bits per heavy atom. The topological polar surface area (TPSA) is 64.2 Å². The van der Waals surface area contributed by atoms with Gasteiger partial charge in [0.1, 0.15) is 11.9 Å². The van der Waals surface area contributed by atoms with Crippen molar-refractivity contribution in [2.45, 2.75) is 12.5 Å². The van der Waals surface area contributed by atoms with Crippen LogP contribution in [0.25, 0.3) is 11.0 Å². The fourth-order valence-corrected chi connectivity index (χ4v) is 2.81. The Hall–Kier alpha value is -1.63. The molecule has 1 fully saturated rings. The van der Waals surface area contributed by atoms with E-state index in [0.29, 0.717) is 28.5 Å². The zero-order chi connectivity index (χ0) is 13.7. The minimum absolute atomic E-state index is 0.00597. The Kier molecular flexibility index (Phi) is 2.74. The van der Waals surface area contributed by atoms with E-state index in [4.69, 9.17) is 5.73 Å². The number of benzene rings is 1. The molecule has 1 aliphatic rings. The highest BCUT2D eigenvalue weighted by molar-refractivity contribution is 9.10. The summed E-state index contributed by atoms with van der Waals surface area (Å²) in [4.78, 5) is 17.9. The summed E-state index contributed by atoms with van der Waals surface area (Å²) in [6.07, 6.45) is 0.681. The highest BCUT2D eigenvalue weighted by Crippen LogP contribution is 2.32. The maximum absolute atomic E-state index is 13.5. The van der Waals surface area contributed by atoms with Crippen LogP contribution in [0.1, 0.15) is 12.5 Å². The van der Waals surface area contributed by atoms with Crippen molar-refractivity contribution in [2.75, 3.05) is 19.3 Å². The first-order chi connectivity index (χ1) is 8.99. The summed E-state index contributed by atoms with van der Waals surface area (Å²) >= 11 is 3.14. The fourth-order valence-electron chi connectivity index (χ4n) is 2.48. The number of nitrogen functional groups attached to an aromatic ring is 1. The first kappa shape index (κ1) is 12.4. The Morgan fingerprint density at radius 2 is 2.26 bits per heavy atom. The van der Waals surface area contributed by atoms with Gasteiger partial charge in [0, 0.05) is 19.7 Å². The molecule has 5 nitrogen and oxygen atoms in total. The van der Waals surface area contributed by atoms with Crippen LogP contribution in [0.15, 0.2) is 16.6 Å². The van der Waals surface area contributed by atoms with Gasteiger partial charge in [0.25, 0.3) is 0 Å². The van der Waals surface area contributed by atoms with E-state index in [1.54, 1.807) is 22.6 Å². The van der Waals surface area contributed by atoms with Crippen molar-refractivity contribution in [1.82, 2.24) is 14.5 Å². The number of likely N-dealkylation sites (tertiary alicyclic amines) is 1. The molecule has 0 bridgehead atoms. The van der Waals surface area contributed by atoms with E-state index in [9.17, 15) is 9.18 Å². The summed E-state index contributed by atoms with van der Waals surface area (Å²) in [6, 6.07) is 2.57. The summed E-state index contributed by atoms with van der Waals surface area (Å²) in [5, 5.41) is 0. The number of rotatable bonds is 1. The second-order valence-electron chi connectivity index (χ2n) is 4.66. The van der Waals surface area contributed by atoms with Gasteiger partial charge in [0.15, 0.2) is 0 Å². The van der Waals surface area contributed by atoms with Crippen molar-refractivity contribution in [3.8, 4) is 0 Å². The number of anilines is 1. The standard InChI is InChI=1S/C12H12BrFN4O/c1-17-3-2-9(11(17)19)18-10-4-6(13)7(14)5-8(10)16-12(18)15/h4-5,9H,2-3H2,1H3,(H2,15,16). The van der Waals surface area contributed by atoms with Gasteiger partial charge in [0.2, 0.25) is 11.9 Å². The molecule has 1 aromatic heterocycles. The van der Waals surface area contributed by atoms with Crippen LogP contribution < -0.4 is 5.73 Å². The van der Waals surface area contributed by atoms with Crippen LogP contribution in [0.5, 0.6) is 0 Å². The zero-order valence-corrected chi connectivity index (χ0v) is 11.8. The lowest BCUT2D eigenvalue weighted by Crippen LogP contribution is -2.25. The van der Waals surface area contributed by atoms with Gasteiger partial charge in [-0.1, -0.05) is 0 Å². The van der Waals surface area contributed by atoms with Crippen LogP contribution in [0, 0.1) is 5.82 Å². The Morgan fingerprint density at radius 3 is 2.89 bits per heavy atom. The number of nitrogens with zero attached hydrogens (tertiary/aromatic N) is 3. The zero-order valence-electron chi connectivity index (χ0n) is 10.2. The second-order valence-corrected chi connectivity index (χ2v) is 5.51. The quantitative estimate of drug-likeness (QED) is 0.870. The van der Waals surface area contributed by atoms with Crippen LogP contribution in [0.2, 0.25) is 0 Å².